The molecule has 0 aliphatic carbocycles. The van der Waals surface area contributed by atoms with E-state index < -0.39 is 0 Å². The molecule has 0 saturated carbocycles. The maximum absolute atomic E-state index is 5.67. The third-order valence-electron chi connectivity index (χ3n) is 5.27. The number of thiazole rings is 2. The molecule has 3 atom stereocenters. The second-order valence-electron chi connectivity index (χ2n) is 7.60. The maximum atomic E-state index is 5.67. The summed E-state index contributed by atoms with van der Waals surface area (Å²) in [7, 11) is 0. The molecule has 0 spiro atoms. The van der Waals surface area contributed by atoms with Crippen molar-refractivity contribution in [2.45, 2.75) is 66.0 Å². The van der Waals surface area contributed by atoms with Crippen LogP contribution in [0.2, 0.25) is 0 Å². The summed E-state index contributed by atoms with van der Waals surface area (Å²) in [6.45, 7) is 17.0. The number of ether oxygens (including phenoxy) is 2. The zero-order chi connectivity index (χ0) is 20.8. The van der Waals surface area contributed by atoms with Crippen molar-refractivity contribution in [1.29, 1.82) is 0 Å². The molecule has 6 nitrogen and oxygen atoms in total. The van der Waals surface area contributed by atoms with Gasteiger partial charge in [-0.25, -0.2) is 9.97 Å². The number of hydrogen-bond donors (Lipinski definition) is 0. The minimum absolute atomic E-state index is 0.0847. The van der Waals surface area contributed by atoms with Crippen LogP contribution in [-0.4, -0.2) is 58.7 Å². The van der Waals surface area contributed by atoms with Crippen molar-refractivity contribution < 1.29 is 9.47 Å². The van der Waals surface area contributed by atoms with E-state index in [9.17, 15) is 0 Å². The molecule has 0 amide bonds. The van der Waals surface area contributed by atoms with Gasteiger partial charge >= 0.3 is 0 Å². The summed E-state index contributed by atoms with van der Waals surface area (Å²) in [6, 6.07) is 0.499. The summed E-state index contributed by atoms with van der Waals surface area (Å²) >= 11 is 3.41. The summed E-state index contributed by atoms with van der Waals surface area (Å²) in [5.74, 6) is 0. The molecule has 1 aliphatic rings. The lowest BCUT2D eigenvalue weighted by atomic mass is 10.1. The second-order valence-corrected chi connectivity index (χ2v) is 9.38. The Morgan fingerprint density at radius 2 is 1.52 bits per heavy atom. The predicted molar refractivity (Wildman–Crippen MR) is 119 cm³/mol. The van der Waals surface area contributed by atoms with Crippen molar-refractivity contribution in [2.24, 2.45) is 0 Å². The smallest absolute Gasteiger partial charge is 0.122 e. The van der Waals surface area contributed by atoms with Gasteiger partial charge in [-0.1, -0.05) is 0 Å². The quantitative estimate of drug-likeness (QED) is 0.544. The van der Waals surface area contributed by atoms with E-state index in [1.165, 1.54) is 0 Å². The Morgan fingerprint density at radius 1 is 0.966 bits per heavy atom. The van der Waals surface area contributed by atoms with Crippen molar-refractivity contribution in [2.75, 3.05) is 32.8 Å². The molecule has 29 heavy (non-hydrogen) atoms. The minimum atomic E-state index is 0.0847. The van der Waals surface area contributed by atoms with E-state index >= 15 is 0 Å². The molecular formula is C21H34N4O2S2. The number of hydrogen-bond acceptors (Lipinski definition) is 8. The van der Waals surface area contributed by atoms with Crippen LogP contribution >= 0.6 is 22.7 Å². The molecule has 1 aliphatic heterocycles. The Kier molecular flexibility index (Phi) is 8.58. The van der Waals surface area contributed by atoms with Crippen molar-refractivity contribution >= 4 is 22.7 Å². The Labute approximate surface area is 182 Å². The monoisotopic (exact) mass is 438 g/mol. The van der Waals surface area contributed by atoms with Crippen LogP contribution in [0.3, 0.4) is 0 Å². The lowest BCUT2D eigenvalue weighted by Gasteiger charge is -2.39. The van der Waals surface area contributed by atoms with E-state index in [0.29, 0.717) is 6.04 Å². The highest BCUT2D eigenvalue weighted by Crippen LogP contribution is 2.24. The van der Waals surface area contributed by atoms with Crippen LogP contribution in [0.25, 0.3) is 0 Å². The summed E-state index contributed by atoms with van der Waals surface area (Å²) in [6.07, 6.45) is 0.171. The fourth-order valence-electron chi connectivity index (χ4n) is 3.69. The van der Waals surface area contributed by atoms with Gasteiger partial charge in [-0.15, -0.1) is 22.7 Å². The Balaban J connectivity index is 1.49. The van der Waals surface area contributed by atoms with Gasteiger partial charge in [0.1, 0.15) is 22.2 Å². The number of piperazine rings is 1. The standard InChI is InChI=1S/C21H34N4O2S2/c1-6-26-16(4)20-22-18(13-28-20)11-24-8-9-25(15(3)10-24)12-19-14-29-21(23-19)17(5)27-7-2/h13-17H,6-12H2,1-5H3. The zero-order valence-corrected chi connectivity index (χ0v) is 19.9. The zero-order valence-electron chi connectivity index (χ0n) is 18.3. The molecule has 1 fully saturated rings. The fraction of sp³-hybridized carbons (Fsp3) is 0.714. The van der Waals surface area contributed by atoms with E-state index in [1.54, 1.807) is 22.7 Å². The molecule has 2 aromatic heterocycles. The molecule has 2 aromatic rings. The van der Waals surface area contributed by atoms with Crippen LogP contribution in [0, 0.1) is 0 Å². The van der Waals surface area contributed by atoms with Gasteiger partial charge in [0.05, 0.1) is 11.4 Å². The van der Waals surface area contributed by atoms with Crippen molar-refractivity contribution in [3.63, 3.8) is 0 Å². The molecule has 3 unspecified atom stereocenters. The summed E-state index contributed by atoms with van der Waals surface area (Å²) < 4.78 is 11.3. The SMILES string of the molecule is CCOC(C)c1nc(CN2CCN(Cc3csc(C(C)OCC)n3)C(C)C2)cs1. The third kappa shape index (κ3) is 6.29. The highest BCUT2D eigenvalue weighted by Gasteiger charge is 2.25. The van der Waals surface area contributed by atoms with Crippen LogP contribution in [0.4, 0.5) is 0 Å². The van der Waals surface area contributed by atoms with E-state index in [2.05, 4.69) is 41.3 Å². The molecule has 3 heterocycles. The topological polar surface area (TPSA) is 50.7 Å². The predicted octanol–water partition coefficient (Wildman–Crippen LogP) is 4.50. The lowest BCUT2D eigenvalue weighted by molar-refractivity contribution is 0.0687. The first-order valence-electron chi connectivity index (χ1n) is 10.6. The highest BCUT2D eigenvalue weighted by molar-refractivity contribution is 7.10. The molecule has 0 radical (unpaired) electrons. The summed E-state index contributed by atoms with van der Waals surface area (Å²) in [5.41, 5.74) is 2.32. The van der Waals surface area contributed by atoms with Crippen molar-refractivity contribution in [3.05, 3.63) is 32.2 Å². The van der Waals surface area contributed by atoms with Crippen LogP contribution < -0.4 is 0 Å². The minimum Gasteiger partial charge on any atom is -0.372 e. The van der Waals surface area contributed by atoms with Gasteiger partial charge in [-0.05, 0) is 34.6 Å². The van der Waals surface area contributed by atoms with Gasteiger partial charge < -0.3 is 9.47 Å². The van der Waals surface area contributed by atoms with Gasteiger partial charge in [0.25, 0.3) is 0 Å². The van der Waals surface area contributed by atoms with Crippen LogP contribution in [0.1, 0.15) is 68.2 Å². The first-order chi connectivity index (χ1) is 14.0. The molecule has 0 aromatic carbocycles. The maximum Gasteiger partial charge on any atom is 0.122 e. The average Bonchev–Trinajstić information content (AvgIpc) is 3.34. The first kappa shape index (κ1) is 22.8. The molecular weight excluding hydrogens is 404 g/mol. The van der Waals surface area contributed by atoms with Crippen molar-refractivity contribution in [1.82, 2.24) is 19.8 Å². The lowest BCUT2D eigenvalue weighted by Crippen LogP contribution is -2.51. The van der Waals surface area contributed by atoms with Gasteiger partial charge in [0.2, 0.25) is 0 Å². The molecule has 3 rings (SSSR count). The summed E-state index contributed by atoms with van der Waals surface area (Å²) in [5, 5.41) is 6.52. The van der Waals surface area contributed by atoms with Gasteiger partial charge in [-0.2, -0.15) is 0 Å². The van der Waals surface area contributed by atoms with E-state index in [0.717, 1.165) is 67.3 Å². The first-order valence-corrected chi connectivity index (χ1v) is 12.3. The molecule has 0 N–H and O–H groups in total. The van der Waals surface area contributed by atoms with E-state index in [4.69, 9.17) is 19.4 Å². The van der Waals surface area contributed by atoms with Crippen LogP contribution in [0.5, 0.6) is 0 Å². The Hall–Kier alpha value is -0.900. The molecule has 1 saturated heterocycles. The second kappa shape index (κ2) is 10.9. The average molecular weight is 439 g/mol. The summed E-state index contributed by atoms with van der Waals surface area (Å²) in [4.78, 5) is 14.6. The largest absolute Gasteiger partial charge is 0.372 e. The number of nitrogens with zero attached hydrogens (tertiary/aromatic N) is 4. The normalized spacial score (nSPS) is 20.8. The Morgan fingerprint density at radius 3 is 2.03 bits per heavy atom. The fourth-order valence-corrected chi connectivity index (χ4v) is 5.32. The molecule has 0 bridgehead atoms. The molecule has 162 valence electrons. The van der Waals surface area contributed by atoms with E-state index in [-0.39, 0.29) is 12.2 Å². The number of rotatable bonds is 10. The van der Waals surface area contributed by atoms with Crippen molar-refractivity contribution in [3.8, 4) is 0 Å². The highest BCUT2D eigenvalue weighted by atomic mass is 32.1. The van der Waals surface area contributed by atoms with Crippen LogP contribution in [0.15, 0.2) is 10.8 Å². The van der Waals surface area contributed by atoms with Crippen LogP contribution in [-0.2, 0) is 22.6 Å². The third-order valence-corrected chi connectivity index (χ3v) is 7.38. The molecule has 8 heteroatoms. The van der Waals surface area contributed by atoms with Gasteiger partial charge in [-0.3, -0.25) is 9.80 Å². The number of aromatic nitrogens is 2. The Bertz CT molecular complexity index is 751. The van der Waals surface area contributed by atoms with E-state index in [1.807, 2.05) is 13.8 Å². The van der Waals surface area contributed by atoms with Gasteiger partial charge in [0.15, 0.2) is 0 Å². The van der Waals surface area contributed by atoms with Gasteiger partial charge in [0, 0.05) is 62.7 Å².